The van der Waals surface area contributed by atoms with Gasteiger partial charge < -0.3 is 20.4 Å². The van der Waals surface area contributed by atoms with Crippen LogP contribution in [0.4, 0.5) is 5.69 Å². The summed E-state index contributed by atoms with van der Waals surface area (Å²) < 4.78 is 5.58. The van der Waals surface area contributed by atoms with Crippen LogP contribution >= 0.6 is 0 Å². The van der Waals surface area contributed by atoms with Crippen molar-refractivity contribution in [1.82, 2.24) is 4.98 Å². The van der Waals surface area contributed by atoms with Gasteiger partial charge in [0.2, 0.25) is 5.91 Å². The number of H-pyrrole nitrogens is 1. The van der Waals surface area contributed by atoms with Gasteiger partial charge in [0.1, 0.15) is 0 Å². The first kappa shape index (κ1) is 22.1. The highest BCUT2D eigenvalue weighted by Gasteiger charge is 2.26. The Kier molecular flexibility index (Phi) is 6.98. The number of aromatic nitrogens is 1. The molecule has 1 fully saturated rings. The number of anilines is 1. The average Bonchev–Trinajstić information content (AvgIpc) is 2.70. The number of aromatic amines is 1. The highest BCUT2D eigenvalue weighted by molar-refractivity contribution is 5.96. The van der Waals surface area contributed by atoms with E-state index < -0.39 is 5.91 Å². The summed E-state index contributed by atoms with van der Waals surface area (Å²) in [4.78, 5) is 30.1. The fraction of sp³-hybridized carbons (Fsp3) is 0.500. The van der Waals surface area contributed by atoms with E-state index in [2.05, 4.69) is 16.8 Å². The van der Waals surface area contributed by atoms with Crippen LogP contribution in [0, 0.1) is 20.8 Å². The van der Waals surface area contributed by atoms with Gasteiger partial charge in [-0.1, -0.05) is 13.0 Å². The summed E-state index contributed by atoms with van der Waals surface area (Å²) in [6.45, 7) is 10.4. The van der Waals surface area contributed by atoms with Crippen LogP contribution in [0.25, 0.3) is 0 Å². The number of rotatable bonds is 7. The monoisotopic (exact) mass is 411 g/mol. The predicted octanol–water partition coefficient (Wildman–Crippen LogP) is 3.39. The Morgan fingerprint density at radius 3 is 2.53 bits per heavy atom. The largest absolute Gasteiger partial charge is 0.381 e. The van der Waals surface area contributed by atoms with E-state index in [0.29, 0.717) is 18.0 Å². The van der Waals surface area contributed by atoms with Crippen LogP contribution in [0.1, 0.15) is 64.5 Å². The van der Waals surface area contributed by atoms with E-state index in [4.69, 9.17) is 10.5 Å². The van der Waals surface area contributed by atoms with Gasteiger partial charge >= 0.3 is 0 Å². The summed E-state index contributed by atoms with van der Waals surface area (Å²) >= 11 is 0. The van der Waals surface area contributed by atoms with Gasteiger partial charge in [-0.15, -0.1) is 0 Å². The Hall–Kier alpha value is -2.60. The van der Waals surface area contributed by atoms with Crippen molar-refractivity contribution in [3.8, 4) is 0 Å². The maximum Gasteiger partial charge on any atom is 0.251 e. The van der Waals surface area contributed by atoms with Crippen LogP contribution in [-0.4, -0.2) is 36.7 Å². The van der Waals surface area contributed by atoms with E-state index in [9.17, 15) is 9.59 Å². The molecule has 30 heavy (non-hydrogen) atoms. The van der Waals surface area contributed by atoms with E-state index in [1.54, 1.807) is 6.07 Å². The number of pyridine rings is 1. The molecule has 0 bridgehead atoms. The first-order valence-electron chi connectivity index (χ1n) is 10.8. The number of benzene rings is 1. The van der Waals surface area contributed by atoms with Crippen molar-refractivity contribution in [3.05, 3.63) is 62.1 Å². The number of hydrogen-bond acceptors (Lipinski definition) is 4. The summed E-state index contributed by atoms with van der Waals surface area (Å²) in [5.74, 6) is -0.423. The third-order valence-electron chi connectivity index (χ3n) is 6.02. The molecule has 6 heteroatoms. The summed E-state index contributed by atoms with van der Waals surface area (Å²) in [6.07, 6.45) is 3.40. The molecule has 2 aromatic rings. The minimum atomic E-state index is -0.423. The Morgan fingerprint density at radius 1 is 1.23 bits per heavy atom. The van der Waals surface area contributed by atoms with E-state index in [0.717, 1.165) is 72.7 Å². The number of primary amides is 1. The first-order chi connectivity index (χ1) is 14.3. The Balaban J connectivity index is 2.14. The molecule has 1 aromatic carbocycles. The Bertz CT molecular complexity index is 974. The van der Waals surface area contributed by atoms with Crippen molar-refractivity contribution < 1.29 is 9.53 Å². The highest BCUT2D eigenvalue weighted by atomic mass is 16.5. The molecule has 0 spiro atoms. The molecule has 1 aliphatic rings. The van der Waals surface area contributed by atoms with Crippen LogP contribution in [0.5, 0.6) is 0 Å². The standard InChI is InChI=1S/C24H33N3O3/c1-5-10-27(19-8-11-30-12-9-19)22-17(4)20(23(25)28)7-6-18(22)14-21-15(2)13-16(3)26-24(21)29/h6-7,13,19H,5,8-12,14H2,1-4H3,(H2,25,28)(H,26,29). The second kappa shape index (κ2) is 9.47. The number of ether oxygens (including phenoxy) is 1. The van der Waals surface area contributed by atoms with E-state index in [1.807, 2.05) is 32.9 Å². The third-order valence-corrected chi connectivity index (χ3v) is 6.02. The van der Waals surface area contributed by atoms with Gasteiger partial charge in [0.25, 0.3) is 5.56 Å². The van der Waals surface area contributed by atoms with Crippen molar-refractivity contribution >= 4 is 11.6 Å². The zero-order chi connectivity index (χ0) is 21.8. The number of amides is 1. The van der Waals surface area contributed by atoms with Gasteiger partial charge in [0.15, 0.2) is 0 Å². The zero-order valence-electron chi connectivity index (χ0n) is 18.5. The highest BCUT2D eigenvalue weighted by Crippen LogP contribution is 2.33. The lowest BCUT2D eigenvalue weighted by molar-refractivity contribution is 0.0843. The number of carbonyl (C=O) groups excluding carboxylic acids is 1. The van der Waals surface area contributed by atoms with Crippen LogP contribution in [0.3, 0.4) is 0 Å². The molecule has 6 nitrogen and oxygen atoms in total. The van der Waals surface area contributed by atoms with Crippen LogP contribution in [0.15, 0.2) is 23.0 Å². The van der Waals surface area contributed by atoms with E-state index >= 15 is 0 Å². The Labute approximate surface area is 178 Å². The van der Waals surface area contributed by atoms with Crippen molar-refractivity contribution in [1.29, 1.82) is 0 Å². The van der Waals surface area contributed by atoms with Gasteiger partial charge in [-0.25, -0.2) is 0 Å². The van der Waals surface area contributed by atoms with Crippen molar-refractivity contribution in [2.75, 3.05) is 24.7 Å². The molecule has 3 N–H and O–H groups in total. The van der Waals surface area contributed by atoms with Crippen LogP contribution in [0.2, 0.25) is 0 Å². The number of aryl methyl sites for hydroxylation is 2. The van der Waals surface area contributed by atoms with Crippen LogP contribution in [-0.2, 0) is 11.2 Å². The molecule has 1 aliphatic heterocycles. The van der Waals surface area contributed by atoms with E-state index in [1.165, 1.54) is 0 Å². The normalized spacial score (nSPS) is 14.7. The fourth-order valence-corrected chi connectivity index (χ4v) is 4.57. The van der Waals surface area contributed by atoms with Crippen molar-refractivity contribution in [2.45, 2.75) is 59.4 Å². The quantitative estimate of drug-likeness (QED) is 0.731. The second-order valence-electron chi connectivity index (χ2n) is 8.27. The molecule has 1 amide bonds. The van der Waals surface area contributed by atoms with Crippen LogP contribution < -0.4 is 16.2 Å². The minimum absolute atomic E-state index is 0.0526. The van der Waals surface area contributed by atoms with Gasteiger partial charge in [-0.05, 0) is 68.9 Å². The number of nitrogens with two attached hydrogens (primary N) is 1. The molecule has 1 saturated heterocycles. The number of carbonyl (C=O) groups is 1. The number of hydrogen-bond donors (Lipinski definition) is 2. The molecule has 0 atom stereocenters. The smallest absolute Gasteiger partial charge is 0.251 e. The lowest BCUT2D eigenvalue weighted by Gasteiger charge is -2.38. The molecule has 0 unspecified atom stereocenters. The number of nitrogens with one attached hydrogen (secondary N) is 1. The van der Waals surface area contributed by atoms with Gasteiger partial charge in [-0.2, -0.15) is 0 Å². The van der Waals surface area contributed by atoms with Gasteiger partial charge in [0, 0.05) is 54.7 Å². The Morgan fingerprint density at radius 2 is 1.93 bits per heavy atom. The molecular weight excluding hydrogens is 378 g/mol. The first-order valence-corrected chi connectivity index (χ1v) is 10.8. The molecule has 162 valence electrons. The summed E-state index contributed by atoms with van der Waals surface area (Å²) in [5, 5.41) is 0. The van der Waals surface area contributed by atoms with Gasteiger partial charge in [0.05, 0.1) is 0 Å². The van der Waals surface area contributed by atoms with Crippen molar-refractivity contribution in [3.63, 3.8) is 0 Å². The molecule has 2 heterocycles. The SMILES string of the molecule is CCCN(c1c(Cc2c(C)cc(C)[nH]c2=O)ccc(C(N)=O)c1C)C1CCOCC1. The third kappa shape index (κ3) is 4.59. The minimum Gasteiger partial charge on any atom is -0.381 e. The zero-order valence-corrected chi connectivity index (χ0v) is 18.5. The molecule has 3 rings (SSSR count). The molecule has 0 aliphatic carbocycles. The maximum atomic E-state index is 12.7. The lowest BCUT2D eigenvalue weighted by Crippen LogP contribution is -2.41. The maximum absolute atomic E-state index is 12.7. The molecule has 0 radical (unpaired) electrons. The molecular formula is C24H33N3O3. The lowest BCUT2D eigenvalue weighted by atomic mass is 9.93. The van der Waals surface area contributed by atoms with Gasteiger partial charge in [-0.3, -0.25) is 9.59 Å². The molecule has 0 saturated carbocycles. The topological polar surface area (TPSA) is 88.4 Å². The number of nitrogens with zero attached hydrogens (tertiary/aromatic N) is 1. The fourth-order valence-electron chi connectivity index (χ4n) is 4.57. The summed E-state index contributed by atoms with van der Waals surface area (Å²) in [5.41, 5.74) is 11.7. The average molecular weight is 412 g/mol. The van der Waals surface area contributed by atoms with E-state index in [-0.39, 0.29) is 5.56 Å². The summed E-state index contributed by atoms with van der Waals surface area (Å²) in [7, 11) is 0. The predicted molar refractivity (Wildman–Crippen MR) is 121 cm³/mol. The summed E-state index contributed by atoms with van der Waals surface area (Å²) in [6, 6.07) is 6.10. The second-order valence-corrected chi connectivity index (χ2v) is 8.27. The van der Waals surface area contributed by atoms with Crippen molar-refractivity contribution in [2.24, 2.45) is 5.73 Å². The molecule has 1 aromatic heterocycles.